The molecule has 1 heterocycles. The van der Waals surface area contributed by atoms with E-state index in [4.69, 9.17) is 0 Å². The Bertz CT molecular complexity index is 556. The molecule has 1 aliphatic heterocycles. The Labute approximate surface area is 116 Å². The maximum atomic E-state index is 12.1. The van der Waals surface area contributed by atoms with Crippen molar-refractivity contribution in [3.63, 3.8) is 0 Å². The summed E-state index contributed by atoms with van der Waals surface area (Å²) in [5.74, 6) is -2.00. The third-order valence-corrected chi connectivity index (χ3v) is 3.28. The quantitative estimate of drug-likeness (QED) is 0.848. The van der Waals surface area contributed by atoms with Crippen LogP contribution in [-0.4, -0.2) is 36.0 Å². The molecular weight excluding hydrogens is 260 g/mol. The van der Waals surface area contributed by atoms with Gasteiger partial charge in [-0.15, -0.1) is 0 Å². The third-order valence-electron chi connectivity index (χ3n) is 3.28. The number of carbonyl (C=O) groups excluding carboxylic acids is 2. The van der Waals surface area contributed by atoms with Gasteiger partial charge < -0.3 is 15.3 Å². The number of fused-ring (bicyclic) bond motifs is 1. The minimum Gasteiger partial charge on any atom is -0.481 e. The van der Waals surface area contributed by atoms with Crippen LogP contribution in [0.4, 0.5) is 5.69 Å². The second kappa shape index (κ2) is 5.73. The highest BCUT2D eigenvalue weighted by molar-refractivity contribution is 5.99. The predicted molar refractivity (Wildman–Crippen MR) is 72.5 cm³/mol. The van der Waals surface area contributed by atoms with Gasteiger partial charge in [-0.05, 0) is 11.6 Å². The van der Waals surface area contributed by atoms with Crippen LogP contribution in [0, 0.1) is 0 Å². The monoisotopic (exact) mass is 276 g/mol. The molecule has 6 nitrogen and oxygen atoms in total. The number of hydrogen-bond acceptors (Lipinski definition) is 3. The third kappa shape index (κ3) is 2.79. The summed E-state index contributed by atoms with van der Waals surface area (Å²) in [5, 5.41) is 11.8. The van der Waals surface area contributed by atoms with E-state index in [1.54, 1.807) is 24.3 Å². The average molecular weight is 276 g/mol. The lowest BCUT2D eigenvalue weighted by atomic mass is 10.0. The Morgan fingerprint density at radius 3 is 2.70 bits per heavy atom. The van der Waals surface area contributed by atoms with E-state index >= 15 is 0 Å². The van der Waals surface area contributed by atoms with Gasteiger partial charge in [-0.25, -0.2) is 0 Å². The Balaban J connectivity index is 2.12. The maximum Gasteiger partial charge on any atom is 0.312 e. The van der Waals surface area contributed by atoms with Gasteiger partial charge >= 0.3 is 5.97 Å². The lowest BCUT2D eigenvalue weighted by Gasteiger charge is -2.17. The van der Waals surface area contributed by atoms with Gasteiger partial charge in [0.05, 0.1) is 0 Å². The Morgan fingerprint density at radius 2 is 2.05 bits per heavy atom. The molecule has 1 aromatic rings. The normalized spacial score (nSPS) is 16.6. The summed E-state index contributed by atoms with van der Waals surface area (Å²) in [6, 6.07) is 7.01. The fraction of sp³-hybridized carbons (Fsp3) is 0.357. The molecule has 0 saturated carbocycles. The molecule has 2 amide bonds. The van der Waals surface area contributed by atoms with Crippen molar-refractivity contribution < 1.29 is 19.5 Å². The van der Waals surface area contributed by atoms with Crippen molar-refractivity contribution in [3.05, 3.63) is 29.8 Å². The van der Waals surface area contributed by atoms with E-state index in [0.717, 1.165) is 0 Å². The fourth-order valence-electron chi connectivity index (χ4n) is 2.33. The van der Waals surface area contributed by atoms with Crippen LogP contribution in [0.3, 0.4) is 0 Å². The van der Waals surface area contributed by atoms with Crippen molar-refractivity contribution in [1.82, 2.24) is 5.32 Å². The zero-order valence-electron chi connectivity index (χ0n) is 11.1. The van der Waals surface area contributed by atoms with Gasteiger partial charge in [0.25, 0.3) is 0 Å². The predicted octanol–water partition coefficient (Wildman–Crippen LogP) is 0.728. The summed E-state index contributed by atoms with van der Waals surface area (Å²) < 4.78 is 0. The number of rotatable bonds is 4. The van der Waals surface area contributed by atoms with Gasteiger partial charge in [-0.3, -0.25) is 14.4 Å². The van der Waals surface area contributed by atoms with Crippen molar-refractivity contribution in [1.29, 1.82) is 0 Å². The number of aliphatic carboxylic acids is 1. The lowest BCUT2D eigenvalue weighted by Crippen LogP contribution is -2.34. The van der Waals surface area contributed by atoms with E-state index in [1.807, 2.05) is 0 Å². The SMILES string of the molecule is CC(=O)NCCC(=O)N1CC(C(=O)O)c2ccccc21. The van der Waals surface area contributed by atoms with Gasteiger partial charge in [0, 0.05) is 32.1 Å². The van der Waals surface area contributed by atoms with Crippen LogP contribution >= 0.6 is 0 Å². The van der Waals surface area contributed by atoms with Gasteiger partial charge in [-0.2, -0.15) is 0 Å². The standard InChI is InChI=1S/C14H16N2O4/c1-9(17)15-7-6-13(18)16-8-11(14(19)20)10-4-2-3-5-12(10)16/h2-5,11H,6-8H2,1H3,(H,15,17)(H,19,20). The van der Waals surface area contributed by atoms with Crippen LogP contribution in [-0.2, 0) is 14.4 Å². The van der Waals surface area contributed by atoms with Crippen LogP contribution in [0.5, 0.6) is 0 Å². The largest absolute Gasteiger partial charge is 0.481 e. The van der Waals surface area contributed by atoms with Crippen molar-refractivity contribution in [2.24, 2.45) is 0 Å². The number of carboxylic acids is 1. The molecule has 6 heteroatoms. The molecule has 2 N–H and O–H groups in total. The van der Waals surface area contributed by atoms with Gasteiger partial charge in [0.15, 0.2) is 0 Å². The first-order valence-corrected chi connectivity index (χ1v) is 6.37. The summed E-state index contributed by atoms with van der Waals surface area (Å²) in [4.78, 5) is 35.6. The van der Waals surface area contributed by atoms with Crippen LogP contribution in [0.1, 0.15) is 24.8 Å². The molecule has 1 aromatic carbocycles. The summed E-state index contributed by atoms with van der Waals surface area (Å²) in [6.45, 7) is 1.79. The molecule has 0 spiro atoms. The van der Waals surface area contributed by atoms with Gasteiger partial charge in [0.1, 0.15) is 5.92 Å². The number of anilines is 1. The van der Waals surface area contributed by atoms with Crippen LogP contribution < -0.4 is 10.2 Å². The van der Waals surface area contributed by atoms with Gasteiger partial charge in [0.2, 0.25) is 11.8 Å². The molecule has 0 aromatic heterocycles. The van der Waals surface area contributed by atoms with Crippen LogP contribution in [0.25, 0.3) is 0 Å². The second-order valence-electron chi connectivity index (χ2n) is 4.69. The summed E-state index contributed by atoms with van der Waals surface area (Å²) in [7, 11) is 0. The molecule has 0 fully saturated rings. The molecule has 0 saturated heterocycles. The maximum absolute atomic E-state index is 12.1. The smallest absolute Gasteiger partial charge is 0.312 e. The van der Waals surface area contributed by atoms with E-state index in [0.29, 0.717) is 11.3 Å². The van der Waals surface area contributed by atoms with E-state index in [9.17, 15) is 19.5 Å². The van der Waals surface area contributed by atoms with E-state index in [1.165, 1.54) is 11.8 Å². The minimum atomic E-state index is -0.936. The fourth-order valence-corrected chi connectivity index (χ4v) is 2.33. The van der Waals surface area contributed by atoms with E-state index < -0.39 is 11.9 Å². The van der Waals surface area contributed by atoms with Crippen molar-refractivity contribution in [2.45, 2.75) is 19.3 Å². The van der Waals surface area contributed by atoms with Crippen molar-refractivity contribution in [2.75, 3.05) is 18.0 Å². The highest BCUT2D eigenvalue weighted by atomic mass is 16.4. The summed E-state index contributed by atoms with van der Waals surface area (Å²) >= 11 is 0. The zero-order valence-corrected chi connectivity index (χ0v) is 11.1. The lowest BCUT2D eigenvalue weighted by molar-refractivity contribution is -0.138. The highest BCUT2D eigenvalue weighted by Crippen LogP contribution is 2.36. The molecule has 0 bridgehead atoms. The van der Waals surface area contributed by atoms with E-state index in [-0.39, 0.29) is 31.3 Å². The molecule has 1 aliphatic rings. The molecule has 0 radical (unpaired) electrons. The minimum absolute atomic E-state index is 0.146. The first-order valence-electron chi connectivity index (χ1n) is 6.37. The number of nitrogens with one attached hydrogen (secondary N) is 1. The molecule has 106 valence electrons. The summed E-state index contributed by atoms with van der Waals surface area (Å²) in [5.41, 5.74) is 1.31. The zero-order chi connectivity index (χ0) is 14.7. The molecular formula is C14H16N2O4. The molecule has 20 heavy (non-hydrogen) atoms. The number of hydrogen-bond donors (Lipinski definition) is 2. The number of amides is 2. The highest BCUT2D eigenvalue weighted by Gasteiger charge is 2.35. The Morgan fingerprint density at radius 1 is 1.35 bits per heavy atom. The number of nitrogens with zero attached hydrogens (tertiary/aromatic N) is 1. The molecule has 1 atom stereocenters. The second-order valence-corrected chi connectivity index (χ2v) is 4.69. The molecule has 0 aliphatic carbocycles. The van der Waals surface area contributed by atoms with Gasteiger partial charge in [-0.1, -0.05) is 18.2 Å². The molecule has 1 unspecified atom stereocenters. The topological polar surface area (TPSA) is 86.7 Å². The molecule has 2 rings (SSSR count). The Hall–Kier alpha value is -2.37. The summed E-state index contributed by atoms with van der Waals surface area (Å²) in [6.07, 6.45) is 0.153. The van der Waals surface area contributed by atoms with Crippen LogP contribution in [0.2, 0.25) is 0 Å². The van der Waals surface area contributed by atoms with E-state index in [2.05, 4.69) is 5.32 Å². The average Bonchev–Trinajstić information content (AvgIpc) is 2.78. The number of carboxylic acid groups (broad SMARTS) is 1. The van der Waals surface area contributed by atoms with Crippen LogP contribution in [0.15, 0.2) is 24.3 Å². The number of para-hydroxylation sites is 1. The first-order chi connectivity index (χ1) is 9.50. The number of benzene rings is 1. The number of carbonyl (C=O) groups is 3. The van der Waals surface area contributed by atoms with Crippen molar-refractivity contribution >= 4 is 23.5 Å². The first kappa shape index (κ1) is 14.0. The Kier molecular flexibility index (Phi) is 4.02. The van der Waals surface area contributed by atoms with Crippen molar-refractivity contribution in [3.8, 4) is 0 Å².